The molecule has 0 aromatic carbocycles. The van der Waals surface area contributed by atoms with Crippen LogP contribution in [0.1, 0.15) is 75.2 Å². The summed E-state index contributed by atoms with van der Waals surface area (Å²) >= 11 is 0. The van der Waals surface area contributed by atoms with Crippen LogP contribution in [-0.2, 0) is 33.2 Å². The van der Waals surface area contributed by atoms with Gasteiger partial charge in [-0.25, -0.2) is 0 Å². The Morgan fingerprint density at radius 1 is 0.250 bits per heavy atom. The van der Waals surface area contributed by atoms with E-state index in [9.17, 15) is 76.6 Å². The van der Waals surface area contributed by atoms with Gasteiger partial charge < -0.3 is 158 Å². The van der Waals surface area contributed by atoms with Crippen molar-refractivity contribution in [3.8, 4) is 0 Å². The lowest BCUT2D eigenvalue weighted by atomic mass is 9.94. The van der Waals surface area contributed by atoms with Crippen LogP contribution in [0.2, 0.25) is 0 Å². The van der Waals surface area contributed by atoms with Gasteiger partial charge in [0.15, 0.2) is 0 Å². The summed E-state index contributed by atoms with van der Waals surface area (Å²) in [6.07, 6.45) is -19.3. The fraction of sp³-hybridized carbons (Fsp3) is 1.00. The molecule has 31 heteroatoms. The molecular weight excluding hydrogens is 1080 g/mol. The third kappa shape index (κ3) is 22.2. The van der Waals surface area contributed by atoms with Crippen LogP contribution < -0.4 is 22.9 Å². The predicted octanol–water partition coefficient (Wildman–Crippen LogP) is -11.1. The molecule has 7 aliphatic heterocycles. The highest BCUT2D eigenvalue weighted by molar-refractivity contribution is 4.96. The first kappa shape index (κ1) is 76.8. The van der Waals surface area contributed by atoms with Crippen molar-refractivity contribution >= 4 is 0 Å². The molecule has 480 valence electrons. The second-order valence-corrected chi connectivity index (χ2v) is 21.4. The van der Waals surface area contributed by atoms with Crippen LogP contribution >= 0.6 is 0 Å². The molecule has 0 aromatic heterocycles. The van der Waals surface area contributed by atoms with Gasteiger partial charge >= 0.3 is 0 Å². The van der Waals surface area contributed by atoms with Gasteiger partial charge in [0.1, 0.15) is 79.4 Å². The highest BCUT2D eigenvalue weighted by Crippen LogP contribution is 2.24. The zero-order valence-electron chi connectivity index (χ0n) is 47.1. The van der Waals surface area contributed by atoms with Crippen LogP contribution in [0.15, 0.2) is 0 Å². The molecule has 0 aromatic rings. The van der Waals surface area contributed by atoms with E-state index in [0.29, 0.717) is 6.42 Å². The van der Waals surface area contributed by atoms with Crippen molar-refractivity contribution in [2.75, 3.05) is 33.0 Å². The number of hydrogen-bond donors (Lipinski definition) is 24. The Morgan fingerprint density at radius 2 is 0.588 bits per heavy atom. The zero-order valence-corrected chi connectivity index (χ0v) is 47.1. The summed E-state index contributed by atoms with van der Waals surface area (Å²) in [6, 6.07) is -2.55. The van der Waals surface area contributed by atoms with E-state index in [-0.39, 0.29) is 70.0 Å². The van der Waals surface area contributed by atoms with Gasteiger partial charge in [-0.3, -0.25) is 0 Å². The number of rotatable bonds is 5. The van der Waals surface area contributed by atoms with Gasteiger partial charge in [-0.2, -0.15) is 0 Å². The molecule has 31 nitrogen and oxygen atoms in total. The van der Waals surface area contributed by atoms with Crippen molar-refractivity contribution in [3.05, 3.63) is 0 Å². The van der Waals surface area contributed by atoms with Gasteiger partial charge in [-0.1, -0.05) is 0 Å². The Morgan fingerprint density at radius 3 is 1.04 bits per heavy atom. The molecule has 7 fully saturated rings. The quantitative estimate of drug-likeness (QED) is 0.122. The Kier molecular flexibility index (Phi) is 35.2. The molecule has 0 bridgehead atoms. The Hall–Kier alpha value is -1.24. The minimum absolute atomic E-state index is 0.103. The summed E-state index contributed by atoms with van der Waals surface area (Å²) in [5, 5.41) is 183. The van der Waals surface area contributed by atoms with Crippen LogP contribution in [0.5, 0.6) is 0 Å². The van der Waals surface area contributed by atoms with Crippen LogP contribution in [-0.4, -0.2) is 336 Å². The monoisotopic (exact) mass is 1180 g/mol. The van der Waals surface area contributed by atoms with Crippen molar-refractivity contribution in [1.82, 2.24) is 0 Å². The van der Waals surface area contributed by atoms with Crippen molar-refractivity contribution < 1.29 is 135 Å². The molecule has 0 radical (unpaired) electrons. The predicted molar refractivity (Wildman–Crippen MR) is 278 cm³/mol. The van der Waals surface area contributed by atoms with Crippen molar-refractivity contribution in [3.63, 3.8) is 0 Å². The highest BCUT2D eigenvalue weighted by atomic mass is 16.6. The second-order valence-electron chi connectivity index (χ2n) is 21.4. The van der Waals surface area contributed by atoms with Crippen LogP contribution in [0.25, 0.3) is 0 Å². The summed E-state index contributed by atoms with van der Waals surface area (Å²) in [4.78, 5) is 0. The van der Waals surface area contributed by atoms with E-state index in [4.69, 9.17) is 81.6 Å². The van der Waals surface area contributed by atoms with E-state index in [1.807, 2.05) is 0 Å². The van der Waals surface area contributed by atoms with Crippen molar-refractivity contribution in [2.45, 2.75) is 276 Å². The summed E-state index contributed by atoms with van der Waals surface area (Å²) in [5.74, 6) is 0. The highest BCUT2D eigenvalue weighted by Gasteiger charge is 2.44. The first-order chi connectivity index (χ1) is 37.1. The summed E-state index contributed by atoms with van der Waals surface area (Å²) in [5.41, 5.74) is 22.0. The van der Waals surface area contributed by atoms with E-state index in [1.165, 1.54) is 0 Å². The lowest BCUT2D eigenvalue weighted by molar-refractivity contribution is -0.211. The molecule has 7 saturated heterocycles. The summed E-state index contributed by atoms with van der Waals surface area (Å²) in [7, 11) is 0. The van der Waals surface area contributed by atoms with Gasteiger partial charge in [0.25, 0.3) is 0 Å². The Balaban J connectivity index is 0.000000467. The normalized spacial score (nSPS) is 49.2. The van der Waals surface area contributed by atoms with Crippen LogP contribution in [0, 0.1) is 0 Å². The van der Waals surface area contributed by atoms with Gasteiger partial charge in [0.05, 0.1) is 155 Å². The zero-order chi connectivity index (χ0) is 62.0. The Labute approximate surface area is 466 Å². The number of hydrogen-bond acceptors (Lipinski definition) is 31. The van der Waals surface area contributed by atoms with E-state index in [1.54, 1.807) is 62.3 Å². The molecule has 7 aliphatic rings. The molecule has 0 spiro atoms. The average molecular weight is 1180 g/mol. The Bertz CT molecular complexity index is 1450. The molecule has 33 atom stereocenters. The standard InChI is InChI=1S/3C7H15NO4.C7H15NO3.3C7H14O4/c1-3-6(10)5(8)7(11)4(2-9)12-3;1-3-6(10)7(11)5(8)4(2-9)12-3;1-3-5(8)7(11)6(10)4(2-9)12-3;1-3-5(8)7(10)6(9)4(2)11-3;1-4-5(9)2-6(10)7(3-8)11-4;1-4-7(10)6(9)2-5(3-8)11-4;1-3-5(8)7(10)6(9)4(2)11-3/h3*3-7,9-11H,2,8H2,1H3;3-7,9-10H,8H2,1-2H3;2*4-10H,2-3H2,1H3;3-10H,1-2H3/t3-,4?,5+,6?,7+;3-,4?,5+,6?,7-;3-,4?,5?,6+,7+;3?,4-,5+,6?,7-;2*4-,5?,6-,7?;3-,4?,5?,6+,7?/m0000000/s1. The average Bonchev–Trinajstić information content (AvgIpc) is 3.43. The van der Waals surface area contributed by atoms with E-state index >= 15 is 0 Å². The SMILES string of the molecule is CC1O[C@@H](C)C(O)C(O)[C@@H]1O.CC1O[C@@H](C)C(O)[C@@H](O)[C@@H]1N.C[C@@H]1OC(CO)C[C@H](O)C1O.C[C@@H]1OC(CO)[C@@H](N)[C@H](O)C1O.C[C@@H]1OC(CO)[C@@H](O)CC1O.C[C@@H]1OC(CO)[C@@H](O)[C@H](N)C1O.C[C@@H]1OC(CO)[C@@H](O)[C@H](O)C1N. The van der Waals surface area contributed by atoms with Crippen molar-refractivity contribution in [1.29, 1.82) is 0 Å². The molecular formula is C49H102N4O27. The second kappa shape index (κ2) is 36.7. The molecule has 28 N–H and O–H groups in total. The fourth-order valence-electron chi connectivity index (χ4n) is 9.05. The lowest BCUT2D eigenvalue weighted by Crippen LogP contribution is -2.61. The largest absolute Gasteiger partial charge is 0.394 e. The smallest absolute Gasteiger partial charge is 0.111 e. The molecule has 0 aliphatic carbocycles. The first-order valence-electron chi connectivity index (χ1n) is 27.0. The first-order valence-corrected chi connectivity index (χ1v) is 27.0. The molecule has 7 heterocycles. The maximum absolute atomic E-state index is 9.36. The third-order valence-corrected chi connectivity index (χ3v) is 15.0. The third-order valence-electron chi connectivity index (χ3n) is 15.0. The minimum atomic E-state index is -1.10. The van der Waals surface area contributed by atoms with Crippen LogP contribution in [0.3, 0.4) is 0 Å². The minimum Gasteiger partial charge on any atom is -0.394 e. The van der Waals surface area contributed by atoms with Crippen molar-refractivity contribution in [2.24, 2.45) is 22.9 Å². The number of ether oxygens (including phenoxy) is 7. The van der Waals surface area contributed by atoms with Crippen LogP contribution in [0.4, 0.5) is 0 Å². The summed E-state index contributed by atoms with van der Waals surface area (Å²) in [6.45, 7) is 14.1. The number of aliphatic hydroxyl groups is 20. The van der Waals surface area contributed by atoms with Gasteiger partial charge in [0.2, 0.25) is 0 Å². The molecule has 0 amide bonds. The van der Waals surface area contributed by atoms with E-state index in [0.717, 1.165) is 0 Å². The van der Waals surface area contributed by atoms with Gasteiger partial charge in [-0.15, -0.1) is 0 Å². The topological polar surface area (TPSA) is 573 Å². The molecule has 0 saturated carbocycles. The molecule has 15 unspecified atom stereocenters. The number of nitrogens with two attached hydrogens (primary N) is 4. The fourth-order valence-corrected chi connectivity index (χ4v) is 9.05. The molecule has 80 heavy (non-hydrogen) atoms. The van der Waals surface area contributed by atoms with Gasteiger partial charge in [0, 0.05) is 12.8 Å². The lowest BCUT2D eigenvalue weighted by Gasteiger charge is -2.39. The van der Waals surface area contributed by atoms with E-state index in [2.05, 4.69) is 0 Å². The summed E-state index contributed by atoms with van der Waals surface area (Å²) < 4.78 is 36.0. The molecule has 7 rings (SSSR count). The van der Waals surface area contributed by atoms with Gasteiger partial charge in [-0.05, 0) is 62.3 Å². The van der Waals surface area contributed by atoms with E-state index < -0.39 is 171 Å². The maximum atomic E-state index is 9.36. The number of aliphatic hydroxyl groups excluding tert-OH is 20. The maximum Gasteiger partial charge on any atom is 0.111 e.